The molecular weight excluding hydrogens is 142 g/mol. The van der Waals surface area contributed by atoms with E-state index in [9.17, 15) is 0 Å². The molecule has 3 heteroatoms. The molecule has 1 atom stereocenters. The van der Waals surface area contributed by atoms with Gasteiger partial charge in [-0.1, -0.05) is 6.42 Å². The minimum Gasteiger partial charge on any atom is -0.368 e. The first-order valence-electron chi connectivity index (χ1n) is 4.31. The summed E-state index contributed by atoms with van der Waals surface area (Å²) >= 11 is 0. The highest BCUT2D eigenvalue weighted by molar-refractivity contribution is 4.46. The van der Waals surface area contributed by atoms with Gasteiger partial charge in [0.15, 0.2) is 6.29 Å². The van der Waals surface area contributed by atoms with Crippen LogP contribution in [-0.2, 0) is 4.74 Å². The normalized spacial score (nSPS) is 13.4. The lowest BCUT2D eigenvalue weighted by Crippen LogP contribution is -2.11. The molecule has 3 nitrogen and oxygen atoms in total. The molecule has 0 aliphatic heterocycles. The van der Waals surface area contributed by atoms with Crippen LogP contribution in [0.3, 0.4) is 0 Å². The smallest absolute Gasteiger partial charge is 0.154 e. The molecule has 68 valence electrons. The highest BCUT2D eigenvalue weighted by Gasteiger charge is 2.00. The molecule has 0 aliphatic carbocycles. The van der Waals surface area contributed by atoms with Gasteiger partial charge in [0.2, 0.25) is 0 Å². The molecule has 1 unspecified atom stereocenters. The lowest BCUT2D eigenvalue weighted by molar-refractivity contribution is -0.0993. The Kier molecular flexibility index (Phi) is 7.89. The van der Waals surface area contributed by atoms with Gasteiger partial charge in [-0.15, -0.1) is 0 Å². The fraction of sp³-hybridized carbons (Fsp3) is 1.00. The summed E-state index contributed by atoms with van der Waals surface area (Å²) < 4.78 is 4.95. The van der Waals surface area contributed by atoms with Gasteiger partial charge in [0.05, 0.1) is 0 Å². The summed E-state index contributed by atoms with van der Waals surface area (Å²) in [6.07, 6.45) is 3.28. The predicted octanol–water partition coefficient (Wildman–Crippen LogP) is 0.860. The molecular formula is C8H19NO2. The fourth-order valence-electron chi connectivity index (χ4n) is 0.916. The zero-order valence-electron chi connectivity index (χ0n) is 7.25. The molecule has 0 aromatic rings. The van der Waals surface area contributed by atoms with Crippen molar-refractivity contribution in [3.8, 4) is 0 Å². The number of unbranched alkanes of at least 4 members (excludes halogenated alkanes) is 2. The van der Waals surface area contributed by atoms with E-state index in [1.54, 1.807) is 0 Å². The SMILES string of the molecule is CCOC(O)CCCCCN. The average molecular weight is 161 g/mol. The van der Waals surface area contributed by atoms with Crippen molar-refractivity contribution >= 4 is 0 Å². The Morgan fingerprint density at radius 2 is 2.09 bits per heavy atom. The van der Waals surface area contributed by atoms with Crippen molar-refractivity contribution in [1.82, 2.24) is 0 Å². The van der Waals surface area contributed by atoms with Gasteiger partial charge in [-0.05, 0) is 32.7 Å². The van der Waals surface area contributed by atoms with Gasteiger partial charge in [-0.3, -0.25) is 0 Å². The predicted molar refractivity (Wildman–Crippen MR) is 45.2 cm³/mol. The second kappa shape index (κ2) is 7.98. The average Bonchev–Trinajstić information content (AvgIpc) is 1.99. The quantitative estimate of drug-likeness (QED) is 0.430. The third-order valence-corrected chi connectivity index (χ3v) is 1.51. The van der Waals surface area contributed by atoms with Crippen LogP contribution in [0, 0.1) is 0 Å². The summed E-state index contributed by atoms with van der Waals surface area (Å²) in [7, 11) is 0. The molecule has 0 fully saturated rings. The van der Waals surface area contributed by atoms with Gasteiger partial charge in [-0.25, -0.2) is 0 Å². The van der Waals surface area contributed by atoms with E-state index in [4.69, 9.17) is 15.6 Å². The van der Waals surface area contributed by atoms with Gasteiger partial charge in [0.1, 0.15) is 0 Å². The lowest BCUT2D eigenvalue weighted by Gasteiger charge is -2.09. The van der Waals surface area contributed by atoms with Crippen molar-refractivity contribution < 1.29 is 9.84 Å². The van der Waals surface area contributed by atoms with Crippen LogP contribution < -0.4 is 5.73 Å². The van der Waals surface area contributed by atoms with Crippen LogP contribution in [0.5, 0.6) is 0 Å². The topological polar surface area (TPSA) is 55.5 Å². The van der Waals surface area contributed by atoms with E-state index in [-0.39, 0.29) is 0 Å². The number of nitrogens with two attached hydrogens (primary N) is 1. The zero-order valence-corrected chi connectivity index (χ0v) is 7.25. The molecule has 0 aromatic heterocycles. The fourth-order valence-corrected chi connectivity index (χ4v) is 0.916. The summed E-state index contributed by atoms with van der Waals surface area (Å²) in [6.45, 7) is 3.20. The first-order chi connectivity index (χ1) is 5.31. The largest absolute Gasteiger partial charge is 0.368 e. The third-order valence-electron chi connectivity index (χ3n) is 1.51. The number of hydrogen-bond donors (Lipinski definition) is 2. The number of ether oxygens (including phenoxy) is 1. The van der Waals surface area contributed by atoms with E-state index in [0.29, 0.717) is 6.61 Å². The summed E-state index contributed by atoms with van der Waals surface area (Å²) in [5.41, 5.74) is 5.31. The van der Waals surface area contributed by atoms with Crippen molar-refractivity contribution in [3.63, 3.8) is 0 Å². The van der Waals surface area contributed by atoms with E-state index < -0.39 is 6.29 Å². The van der Waals surface area contributed by atoms with Gasteiger partial charge >= 0.3 is 0 Å². The molecule has 0 aliphatic rings. The molecule has 0 saturated carbocycles. The Bertz CT molecular complexity index is 78.5. The van der Waals surface area contributed by atoms with Crippen LogP contribution in [0.2, 0.25) is 0 Å². The molecule has 0 rings (SSSR count). The second-order valence-electron chi connectivity index (χ2n) is 2.55. The van der Waals surface area contributed by atoms with Crippen LogP contribution in [-0.4, -0.2) is 24.5 Å². The Morgan fingerprint density at radius 3 is 2.64 bits per heavy atom. The number of aliphatic hydroxyl groups is 1. The molecule has 0 aromatic carbocycles. The number of rotatable bonds is 7. The maximum absolute atomic E-state index is 9.10. The van der Waals surface area contributed by atoms with Crippen LogP contribution in [0.15, 0.2) is 0 Å². The molecule has 0 bridgehead atoms. The highest BCUT2D eigenvalue weighted by Crippen LogP contribution is 2.03. The summed E-state index contributed by atoms with van der Waals surface area (Å²) in [4.78, 5) is 0. The minimum atomic E-state index is -0.572. The molecule has 0 spiro atoms. The van der Waals surface area contributed by atoms with Crippen LogP contribution >= 0.6 is 0 Å². The maximum Gasteiger partial charge on any atom is 0.154 e. The van der Waals surface area contributed by atoms with Crippen LogP contribution in [0.1, 0.15) is 32.6 Å². The van der Waals surface area contributed by atoms with E-state index in [2.05, 4.69) is 0 Å². The summed E-state index contributed by atoms with van der Waals surface area (Å²) in [5.74, 6) is 0. The van der Waals surface area contributed by atoms with Crippen LogP contribution in [0.4, 0.5) is 0 Å². The first-order valence-corrected chi connectivity index (χ1v) is 4.31. The first kappa shape index (κ1) is 10.9. The van der Waals surface area contributed by atoms with E-state index in [1.165, 1.54) is 0 Å². The van der Waals surface area contributed by atoms with E-state index in [1.807, 2.05) is 6.92 Å². The molecule has 3 N–H and O–H groups in total. The third kappa shape index (κ3) is 7.78. The zero-order chi connectivity index (χ0) is 8.53. The van der Waals surface area contributed by atoms with Crippen molar-refractivity contribution in [2.24, 2.45) is 5.73 Å². The van der Waals surface area contributed by atoms with Crippen molar-refractivity contribution in [3.05, 3.63) is 0 Å². The molecule has 0 heterocycles. The Hall–Kier alpha value is -0.120. The molecule has 0 radical (unpaired) electrons. The maximum atomic E-state index is 9.10. The molecule has 0 saturated heterocycles. The summed E-state index contributed by atoms with van der Waals surface area (Å²) in [5, 5.41) is 9.10. The van der Waals surface area contributed by atoms with Crippen LogP contribution in [0.25, 0.3) is 0 Å². The number of aliphatic hydroxyl groups excluding tert-OH is 1. The monoisotopic (exact) mass is 161 g/mol. The Labute approximate surface area is 68.5 Å². The van der Waals surface area contributed by atoms with Crippen molar-refractivity contribution in [2.45, 2.75) is 38.9 Å². The van der Waals surface area contributed by atoms with E-state index >= 15 is 0 Å². The Balaban J connectivity index is 2.97. The summed E-state index contributed by atoms with van der Waals surface area (Å²) in [6, 6.07) is 0. The second-order valence-corrected chi connectivity index (χ2v) is 2.55. The lowest BCUT2D eigenvalue weighted by atomic mass is 10.2. The van der Waals surface area contributed by atoms with E-state index in [0.717, 1.165) is 32.2 Å². The standard InChI is InChI=1S/C8H19NO2/c1-2-11-8(10)6-4-3-5-7-9/h8,10H,2-7,9H2,1H3. The number of hydrogen-bond acceptors (Lipinski definition) is 3. The van der Waals surface area contributed by atoms with Gasteiger partial charge < -0.3 is 15.6 Å². The minimum absolute atomic E-state index is 0.572. The van der Waals surface area contributed by atoms with Crippen molar-refractivity contribution in [2.75, 3.05) is 13.2 Å². The molecule has 11 heavy (non-hydrogen) atoms. The Morgan fingerprint density at radius 1 is 1.36 bits per heavy atom. The molecule has 0 amide bonds. The van der Waals surface area contributed by atoms with Gasteiger partial charge in [0, 0.05) is 6.61 Å². The highest BCUT2D eigenvalue weighted by atomic mass is 16.6. The van der Waals surface area contributed by atoms with Crippen molar-refractivity contribution in [1.29, 1.82) is 0 Å². The van der Waals surface area contributed by atoms with Gasteiger partial charge in [-0.2, -0.15) is 0 Å². The van der Waals surface area contributed by atoms with Gasteiger partial charge in [0.25, 0.3) is 0 Å².